The van der Waals surface area contributed by atoms with E-state index < -0.39 is 5.97 Å². The average molecular weight is 484 g/mol. The second kappa shape index (κ2) is 9.46. The highest BCUT2D eigenvalue weighted by Crippen LogP contribution is 2.30. The van der Waals surface area contributed by atoms with Gasteiger partial charge in [0.15, 0.2) is 11.0 Å². The van der Waals surface area contributed by atoms with Gasteiger partial charge in [-0.15, -0.1) is 21.5 Å². The third-order valence-corrected chi connectivity index (χ3v) is 7.23. The van der Waals surface area contributed by atoms with Crippen LogP contribution in [0.15, 0.2) is 45.7 Å². The van der Waals surface area contributed by atoms with E-state index in [1.807, 2.05) is 17.5 Å². The van der Waals surface area contributed by atoms with Crippen molar-refractivity contribution in [2.75, 3.05) is 13.7 Å². The molecule has 0 unspecified atom stereocenters. The lowest BCUT2D eigenvalue weighted by Gasteiger charge is -2.14. The van der Waals surface area contributed by atoms with E-state index in [1.54, 1.807) is 29.5 Å². The van der Waals surface area contributed by atoms with Gasteiger partial charge >= 0.3 is 5.97 Å². The Kier molecular flexibility index (Phi) is 6.25. The van der Waals surface area contributed by atoms with Crippen molar-refractivity contribution in [3.05, 3.63) is 57.5 Å². The van der Waals surface area contributed by atoms with Crippen molar-refractivity contribution in [2.24, 2.45) is 0 Å². The number of H-pyrrole nitrogens is 1. The van der Waals surface area contributed by atoms with Gasteiger partial charge in [-0.05, 0) is 42.5 Å². The standard InChI is InChI=1S/C22H21N5O4S2/c1-30-21(29)13-6-7-15-16(10-13)23-18(24-20(15)28)12-33-22-26-25-19(17-5-3-9-32-17)27(22)11-14-4-2-8-31-14/h3,5-7,9-10,14H,2,4,8,11-12H2,1H3,(H,23,24,28)/t14-/m1/s1. The highest BCUT2D eigenvalue weighted by atomic mass is 32.2. The van der Waals surface area contributed by atoms with E-state index >= 15 is 0 Å². The molecule has 0 amide bonds. The maximum absolute atomic E-state index is 12.5. The molecule has 1 saturated heterocycles. The number of hydrogen-bond acceptors (Lipinski definition) is 9. The minimum Gasteiger partial charge on any atom is -0.465 e. The molecule has 11 heteroatoms. The van der Waals surface area contributed by atoms with Gasteiger partial charge in [0, 0.05) is 6.61 Å². The van der Waals surface area contributed by atoms with Gasteiger partial charge in [0.25, 0.3) is 5.56 Å². The molecular formula is C22H21N5O4S2. The predicted molar refractivity (Wildman–Crippen MR) is 126 cm³/mol. The van der Waals surface area contributed by atoms with E-state index in [0.717, 1.165) is 35.3 Å². The molecule has 0 aliphatic carbocycles. The summed E-state index contributed by atoms with van der Waals surface area (Å²) >= 11 is 3.06. The van der Waals surface area contributed by atoms with Crippen LogP contribution in [0.5, 0.6) is 0 Å². The number of aromatic amines is 1. The highest BCUT2D eigenvalue weighted by Gasteiger charge is 2.22. The van der Waals surface area contributed by atoms with Gasteiger partial charge in [-0.2, -0.15) is 0 Å². The van der Waals surface area contributed by atoms with Crippen LogP contribution < -0.4 is 5.56 Å². The number of rotatable bonds is 7. The first-order valence-electron chi connectivity index (χ1n) is 10.4. The summed E-state index contributed by atoms with van der Waals surface area (Å²) in [5.41, 5.74) is 0.531. The smallest absolute Gasteiger partial charge is 0.337 e. The van der Waals surface area contributed by atoms with Crippen molar-refractivity contribution < 1.29 is 14.3 Å². The van der Waals surface area contributed by atoms with Crippen LogP contribution in [0.4, 0.5) is 0 Å². The molecule has 5 rings (SSSR count). The second-order valence-corrected chi connectivity index (χ2v) is 9.44. The molecule has 1 atom stereocenters. The number of nitrogens with zero attached hydrogens (tertiary/aromatic N) is 4. The molecule has 4 heterocycles. The number of carbonyl (C=O) groups is 1. The molecule has 1 fully saturated rings. The minimum absolute atomic E-state index is 0.134. The number of benzene rings is 1. The van der Waals surface area contributed by atoms with Gasteiger partial charge in [-0.1, -0.05) is 17.8 Å². The van der Waals surface area contributed by atoms with Gasteiger partial charge in [-0.25, -0.2) is 9.78 Å². The third-order valence-electron chi connectivity index (χ3n) is 5.38. The fourth-order valence-electron chi connectivity index (χ4n) is 3.77. The van der Waals surface area contributed by atoms with Crippen LogP contribution in [0.2, 0.25) is 0 Å². The number of thiophene rings is 1. The lowest BCUT2D eigenvalue weighted by Crippen LogP contribution is -2.16. The first kappa shape index (κ1) is 21.8. The molecule has 1 aliphatic rings. The number of nitrogens with one attached hydrogen (secondary N) is 1. The van der Waals surface area contributed by atoms with Crippen LogP contribution in [0.25, 0.3) is 21.6 Å². The van der Waals surface area contributed by atoms with Crippen LogP contribution in [0.3, 0.4) is 0 Å². The Morgan fingerprint density at radius 1 is 1.36 bits per heavy atom. The molecule has 0 radical (unpaired) electrons. The van der Waals surface area contributed by atoms with Gasteiger partial charge in [0.1, 0.15) is 5.82 Å². The minimum atomic E-state index is -0.474. The first-order chi connectivity index (χ1) is 16.1. The normalized spacial score (nSPS) is 15.8. The van der Waals surface area contributed by atoms with Crippen molar-refractivity contribution in [3.63, 3.8) is 0 Å². The molecule has 1 N–H and O–H groups in total. The van der Waals surface area contributed by atoms with Crippen LogP contribution >= 0.6 is 23.1 Å². The summed E-state index contributed by atoms with van der Waals surface area (Å²) in [6.07, 6.45) is 2.20. The number of esters is 1. The Labute approximate surface area is 197 Å². The molecule has 4 aromatic rings. The topological polar surface area (TPSA) is 112 Å². The Morgan fingerprint density at radius 3 is 3.03 bits per heavy atom. The Balaban J connectivity index is 1.42. The SMILES string of the molecule is COC(=O)c1ccc2c(=O)[nH]c(CSc3nnc(-c4cccs4)n3C[C@H]3CCCO3)nc2c1. The Morgan fingerprint density at radius 2 is 2.27 bits per heavy atom. The maximum atomic E-state index is 12.5. The Bertz CT molecular complexity index is 1340. The van der Waals surface area contributed by atoms with E-state index in [0.29, 0.717) is 34.6 Å². The second-order valence-electron chi connectivity index (χ2n) is 7.55. The van der Waals surface area contributed by atoms with Crippen molar-refractivity contribution in [1.29, 1.82) is 0 Å². The number of hydrogen-bond donors (Lipinski definition) is 1. The molecule has 9 nitrogen and oxygen atoms in total. The number of ether oxygens (including phenoxy) is 2. The summed E-state index contributed by atoms with van der Waals surface area (Å²) in [5, 5.41) is 12.0. The number of carbonyl (C=O) groups excluding carboxylic acids is 1. The van der Waals surface area contributed by atoms with Crippen LogP contribution in [0, 0.1) is 0 Å². The lowest BCUT2D eigenvalue weighted by molar-refractivity contribution is 0.0601. The molecule has 3 aromatic heterocycles. The predicted octanol–water partition coefficient (Wildman–Crippen LogP) is 3.50. The molecule has 0 saturated carbocycles. The zero-order chi connectivity index (χ0) is 22.8. The molecule has 0 bridgehead atoms. The summed E-state index contributed by atoms with van der Waals surface area (Å²) in [7, 11) is 1.32. The Hall–Kier alpha value is -3.02. The van der Waals surface area contributed by atoms with Gasteiger partial charge in [0.2, 0.25) is 0 Å². The fourth-order valence-corrected chi connectivity index (χ4v) is 5.31. The molecule has 33 heavy (non-hydrogen) atoms. The third kappa shape index (κ3) is 4.56. The lowest BCUT2D eigenvalue weighted by atomic mass is 10.1. The number of aromatic nitrogens is 5. The number of methoxy groups -OCH3 is 1. The molecule has 1 aromatic carbocycles. The molecule has 1 aliphatic heterocycles. The van der Waals surface area contributed by atoms with E-state index in [2.05, 4.69) is 24.7 Å². The van der Waals surface area contributed by atoms with E-state index in [4.69, 9.17) is 9.47 Å². The van der Waals surface area contributed by atoms with Gasteiger partial charge in [0.05, 0.1) is 46.9 Å². The highest BCUT2D eigenvalue weighted by molar-refractivity contribution is 7.98. The summed E-state index contributed by atoms with van der Waals surface area (Å²) in [6, 6.07) is 8.72. The first-order valence-corrected chi connectivity index (χ1v) is 12.3. The van der Waals surface area contributed by atoms with Gasteiger partial charge in [-0.3, -0.25) is 9.36 Å². The van der Waals surface area contributed by atoms with Gasteiger partial charge < -0.3 is 14.5 Å². The summed E-state index contributed by atoms with van der Waals surface area (Å²) in [5.74, 6) is 1.22. The number of fused-ring (bicyclic) bond motifs is 1. The zero-order valence-corrected chi connectivity index (χ0v) is 19.4. The molecular weight excluding hydrogens is 462 g/mol. The van der Waals surface area contributed by atoms with E-state index in [-0.39, 0.29) is 11.7 Å². The van der Waals surface area contributed by atoms with E-state index in [1.165, 1.54) is 18.9 Å². The van der Waals surface area contributed by atoms with Crippen molar-refractivity contribution in [3.8, 4) is 10.7 Å². The summed E-state index contributed by atoms with van der Waals surface area (Å²) in [6.45, 7) is 1.45. The van der Waals surface area contributed by atoms with E-state index in [9.17, 15) is 9.59 Å². The average Bonchev–Trinajstić information content (AvgIpc) is 3.60. The fraction of sp³-hybridized carbons (Fsp3) is 0.318. The quantitative estimate of drug-likeness (QED) is 0.314. The van der Waals surface area contributed by atoms with Crippen molar-refractivity contribution in [2.45, 2.75) is 36.4 Å². The van der Waals surface area contributed by atoms with Crippen molar-refractivity contribution >= 4 is 40.0 Å². The van der Waals surface area contributed by atoms with Crippen LogP contribution in [0.1, 0.15) is 29.0 Å². The number of thioether (sulfide) groups is 1. The summed E-state index contributed by atoms with van der Waals surface area (Å²) < 4.78 is 12.7. The summed E-state index contributed by atoms with van der Waals surface area (Å²) in [4.78, 5) is 32.8. The largest absolute Gasteiger partial charge is 0.465 e. The maximum Gasteiger partial charge on any atom is 0.337 e. The van der Waals surface area contributed by atoms with Crippen LogP contribution in [-0.2, 0) is 21.8 Å². The molecule has 0 spiro atoms. The monoisotopic (exact) mass is 483 g/mol. The zero-order valence-electron chi connectivity index (χ0n) is 17.8. The van der Waals surface area contributed by atoms with Crippen molar-refractivity contribution in [1.82, 2.24) is 24.7 Å². The molecule has 170 valence electrons. The van der Waals surface area contributed by atoms with Crippen LogP contribution in [-0.4, -0.2) is 50.5 Å².